The topological polar surface area (TPSA) is 55.3 Å². The Kier molecular flexibility index (Phi) is 3.86. The van der Waals surface area contributed by atoms with Gasteiger partial charge in [0, 0.05) is 13.1 Å². The molecule has 0 bridgehead atoms. The Morgan fingerprint density at radius 2 is 2.08 bits per heavy atom. The van der Waals surface area contributed by atoms with Crippen LogP contribution in [0, 0.1) is 11.6 Å². The largest absolute Gasteiger partial charge is 0.459 e. The van der Waals surface area contributed by atoms with E-state index in [1.54, 1.807) is 24.5 Å². The second kappa shape index (κ2) is 6.16. The van der Waals surface area contributed by atoms with Crippen molar-refractivity contribution in [2.24, 2.45) is 0 Å². The average molecular weight is 331 g/mol. The Hall–Kier alpha value is -2.54. The molecule has 0 radical (unpaired) electrons. The van der Waals surface area contributed by atoms with E-state index in [0.717, 1.165) is 31.1 Å². The van der Waals surface area contributed by atoms with Gasteiger partial charge in [-0.2, -0.15) is 0 Å². The van der Waals surface area contributed by atoms with Crippen molar-refractivity contribution in [2.75, 3.05) is 13.1 Å². The summed E-state index contributed by atoms with van der Waals surface area (Å²) < 4.78 is 37.2. The van der Waals surface area contributed by atoms with E-state index in [1.807, 2.05) is 0 Å². The molecule has 124 valence electrons. The highest BCUT2D eigenvalue weighted by atomic mass is 19.2. The van der Waals surface area contributed by atoms with E-state index < -0.39 is 11.6 Å². The van der Waals surface area contributed by atoms with Crippen molar-refractivity contribution < 1.29 is 17.6 Å². The quantitative estimate of drug-likeness (QED) is 0.731. The Morgan fingerprint density at radius 3 is 2.88 bits per heavy atom. The fourth-order valence-electron chi connectivity index (χ4n) is 2.97. The number of aromatic nitrogens is 2. The van der Waals surface area contributed by atoms with E-state index in [1.165, 1.54) is 6.07 Å². The molecule has 5 nitrogen and oxygen atoms in total. The number of hydrogen-bond acceptors (Lipinski definition) is 5. The van der Waals surface area contributed by atoms with E-state index >= 15 is 0 Å². The molecule has 0 amide bonds. The fraction of sp³-hybridized carbons (Fsp3) is 0.294. The summed E-state index contributed by atoms with van der Waals surface area (Å²) in [6, 6.07) is 7.53. The van der Waals surface area contributed by atoms with Crippen molar-refractivity contribution >= 4 is 0 Å². The van der Waals surface area contributed by atoms with Gasteiger partial charge >= 0.3 is 0 Å². The van der Waals surface area contributed by atoms with Crippen molar-refractivity contribution in [3.05, 3.63) is 59.7 Å². The van der Waals surface area contributed by atoms with Crippen LogP contribution in [-0.4, -0.2) is 28.2 Å². The summed E-state index contributed by atoms with van der Waals surface area (Å²) in [5, 5.41) is 8.12. The molecule has 4 rings (SSSR count). The standard InChI is InChI=1S/C17H15F2N3O2/c18-13-4-3-11(8-14(13)19)9-22-6-5-12(10-22)16-20-21-17(24-16)15-2-1-7-23-15/h1-4,7-8,12H,5-6,9-10H2/t12-/m0/s1. The molecule has 0 N–H and O–H groups in total. The third-order valence-corrected chi connectivity index (χ3v) is 4.18. The Morgan fingerprint density at radius 1 is 1.17 bits per heavy atom. The molecule has 1 aliphatic rings. The van der Waals surface area contributed by atoms with Gasteiger partial charge in [-0.05, 0) is 42.8 Å². The van der Waals surface area contributed by atoms with Crippen LogP contribution in [0.2, 0.25) is 0 Å². The molecule has 0 spiro atoms. The Labute approximate surface area is 136 Å². The van der Waals surface area contributed by atoms with Crippen molar-refractivity contribution in [3.8, 4) is 11.7 Å². The first-order valence-corrected chi connectivity index (χ1v) is 7.72. The molecule has 0 unspecified atom stereocenters. The number of hydrogen-bond donors (Lipinski definition) is 0. The highest BCUT2D eigenvalue weighted by Gasteiger charge is 2.28. The first-order valence-electron chi connectivity index (χ1n) is 7.72. The summed E-state index contributed by atoms with van der Waals surface area (Å²) in [6.07, 6.45) is 2.43. The normalized spacial score (nSPS) is 18.3. The van der Waals surface area contributed by atoms with Gasteiger partial charge < -0.3 is 8.83 Å². The highest BCUT2D eigenvalue weighted by Crippen LogP contribution is 2.29. The zero-order valence-corrected chi connectivity index (χ0v) is 12.8. The molecule has 2 aromatic heterocycles. The van der Waals surface area contributed by atoms with Crippen molar-refractivity contribution in [1.82, 2.24) is 15.1 Å². The van der Waals surface area contributed by atoms with Crippen LogP contribution in [0.15, 0.2) is 45.4 Å². The van der Waals surface area contributed by atoms with E-state index in [2.05, 4.69) is 15.1 Å². The lowest BCUT2D eigenvalue weighted by atomic mass is 10.1. The third-order valence-electron chi connectivity index (χ3n) is 4.18. The number of furan rings is 1. The second-order valence-electron chi connectivity index (χ2n) is 5.89. The summed E-state index contributed by atoms with van der Waals surface area (Å²) in [5.74, 6) is -0.0160. The molecule has 0 saturated carbocycles. The van der Waals surface area contributed by atoms with Gasteiger partial charge in [0.05, 0.1) is 12.2 Å². The minimum atomic E-state index is -0.825. The van der Waals surface area contributed by atoms with E-state index in [4.69, 9.17) is 8.83 Å². The summed E-state index contributed by atoms with van der Waals surface area (Å²) in [4.78, 5) is 2.16. The summed E-state index contributed by atoms with van der Waals surface area (Å²) >= 11 is 0. The highest BCUT2D eigenvalue weighted by molar-refractivity contribution is 5.42. The van der Waals surface area contributed by atoms with Crippen LogP contribution in [0.3, 0.4) is 0 Å². The van der Waals surface area contributed by atoms with Crippen LogP contribution in [0.1, 0.15) is 23.8 Å². The smallest absolute Gasteiger partial charge is 0.283 e. The molecule has 1 atom stereocenters. The van der Waals surface area contributed by atoms with Gasteiger partial charge in [-0.3, -0.25) is 4.90 Å². The molecule has 3 aromatic rings. The molecule has 3 heterocycles. The minimum Gasteiger partial charge on any atom is -0.459 e. The Balaban J connectivity index is 1.42. The van der Waals surface area contributed by atoms with Crippen molar-refractivity contribution in [1.29, 1.82) is 0 Å². The number of likely N-dealkylation sites (tertiary alicyclic amines) is 1. The van der Waals surface area contributed by atoms with Gasteiger partial charge in [0.2, 0.25) is 5.89 Å². The predicted molar refractivity (Wildman–Crippen MR) is 81.0 cm³/mol. The molecule has 1 aliphatic heterocycles. The summed E-state index contributed by atoms with van der Waals surface area (Å²) in [6.45, 7) is 2.13. The predicted octanol–water partition coefficient (Wildman–Crippen LogP) is 3.60. The lowest BCUT2D eigenvalue weighted by Gasteiger charge is -2.15. The first-order chi connectivity index (χ1) is 11.7. The van der Waals surface area contributed by atoms with Gasteiger partial charge in [0.25, 0.3) is 5.89 Å². The maximum absolute atomic E-state index is 13.3. The van der Waals surface area contributed by atoms with Crippen molar-refractivity contribution in [2.45, 2.75) is 18.9 Å². The monoisotopic (exact) mass is 331 g/mol. The molecule has 1 aromatic carbocycles. The van der Waals surface area contributed by atoms with Crippen LogP contribution in [0.5, 0.6) is 0 Å². The second-order valence-corrected chi connectivity index (χ2v) is 5.89. The SMILES string of the molecule is Fc1ccc(CN2CC[C@H](c3nnc(-c4ccco4)o3)C2)cc1F. The molecule has 1 saturated heterocycles. The maximum Gasteiger partial charge on any atom is 0.283 e. The minimum absolute atomic E-state index is 0.131. The van der Waals surface area contributed by atoms with E-state index in [9.17, 15) is 8.78 Å². The van der Waals surface area contributed by atoms with Gasteiger partial charge in [0.1, 0.15) is 0 Å². The lowest BCUT2D eigenvalue weighted by Crippen LogP contribution is -2.20. The van der Waals surface area contributed by atoms with Crippen LogP contribution < -0.4 is 0 Å². The van der Waals surface area contributed by atoms with Crippen molar-refractivity contribution in [3.63, 3.8) is 0 Å². The summed E-state index contributed by atoms with van der Waals surface area (Å²) in [5.41, 5.74) is 0.747. The third kappa shape index (κ3) is 2.94. The zero-order chi connectivity index (χ0) is 16.5. The van der Waals surface area contributed by atoms with E-state index in [0.29, 0.717) is 24.1 Å². The Bertz CT molecular complexity index is 832. The average Bonchev–Trinajstić information content (AvgIpc) is 3.30. The lowest BCUT2D eigenvalue weighted by molar-refractivity contribution is 0.319. The van der Waals surface area contributed by atoms with Crippen LogP contribution in [0.4, 0.5) is 8.78 Å². The number of nitrogens with zero attached hydrogens (tertiary/aromatic N) is 3. The molecule has 24 heavy (non-hydrogen) atoms. The molecule has 7 heteroatoms. The number of benzene rings is 1. The van der Waals surface area contributed by atoms with Gasteiger partial charge in [-0.25, -0.2) is 8.78 Å². The van der Waals surface area contributed by atoms with Crippen LogP contribution in [-0.2, 0) is 6.54 Å². The number of halogens is 2. The fourth-order valence-corrected chi connectivity index (χ4v) is 2.97. The maximum atomic E-state index is 13.3. The number of rotatable bonds is 4. The molecule has 0 aliphatic carbocycles. The van der Waals surface area contributed by atoms with Gasteiger partial charge in [-0.15, -0.1) is 10.2 Å². The molecule has 1 fully saturated rings. The van der Waals surface area contributed by atoms with Gasteiger partial charge in [-0.1, -0.05) is 6.07 Å². The zero-order valence-electron chi connectivity index (χ0n) is 12.8. The van der Waals surface area contributed by atoms with Crippen LogP contribution in [0.25, 0.3) is 11.7 Å². The molecular formula is C17H15F2N3O2. The van der Waals surface area contributed by atoms with Crippen LogP contribution >= 0.6 is 0 Å². The van der Waals surface area contributed by atoms with E-state index in [-0.39, 0.29) is 5.92 Å². The first kappa shape index (κ1) is 15.0. The summed E-state index contributed by atoms with van der Waals surface area (Å²) in [7, 11) is 0. The molecular weight excluding hydrogens is 316 g/mol. The van der Waals surface area contributed by atoms with Gasteiger partial charge in [0.15, 0.2) is 17.4 Å².